The van der Waals surface area contributed by atoms with Crippen molar-refractivity contribution < 1.29 is 8.42 Å². The lowest BCUT2D eigenvalue weighted by molar-refractivity contribution is 0.400. The molecule has 1 aromatic rings. The fourth-order valence-electron chi connectivity index (χ4n) is 1.67. The lowest BCUT2D eigenvalue weighted by Crippen LogP contribution is -2.34. The van der Waals surface area contributed by atoms with E-state index in [1.165, 1.54) is 10.4 Å². The molecular formula is C13H19N3O2S. The number of benzene rings is 1. The van der Waals surface area contributed by atoms with Crippen LogP contribution >= 0.6 is 0 Å². The van der Waals surface area contributed by atoms with Gasteiger partial charge in [-0.25, -0.2) is 8.42 Å². The summed E-state index contributed by atoms with van der Waals surface area (Å²) in [5.41, 5.74) is 7.04. The molecule has 104 valence electrons. The summed E-state index contributed by atoms with van der Waals surface area (Å²) in [6.07, 6.45) is 0. The van der Waals surface area contributed by atoms with Gasteiger partial charge in [-0.2, -0.15) is 9.57 Å². The van der Waals surface area contributed by atoms with Crippen LogP contribution in [0.1, 0.15) is 19.4 Å². The summed E-state index contributed by atoms with van der Waals surface area (Å²) in [6, 6.07) is 6.73. The molecule has 2 N–H and O–H groups in total. The highest BCUT2D eigenvalue weighted by Gasteiger charge is 2.24. The number of hydrogen-bond donors (Lipinski definition) is 1. The van der Waals surface area contributed by atoms with Crippen LogP contribution in [0.5, 0.6) is 0 Å². The number of nitrogens with zero attached hydrogens (tertiary/aromatic N) is 2. The minimum Gasteiger partial charge on any atom is -0.398 e. The molecule has 0 aromatic heterocycles. The van der Waals surface area contributed by atoms with Crippen LogP contribution in [0.4, 0.5) is 5.69 Å². The zero-order valence-electron chi connectivity index (χ0n) is 11.4. The Morgan fingerprint density at radius 1 is 1.47 bits per heavy atom. The maximum Gasteiger partial charge on any atom is 0.243 e. The quantitative estimate of drug-likeness (QED) is 0.833. The highest BCUT2D eigenvalue weighted by atomic mass is 32.2. The van der Waals surface area contributed by atoms with Gasteiger partial charge in [0.15, 0.2) is 0 Å². The maximum absolute atomic E-state index is 12.4. The molecular weight excluding hydrogens is 262 g/mol. The summed E-state index contributed by atoms with van der Waals surface area (Å²) in [5, 5.41) is 8.80. The molecule has 6 heteroatoms. The smallest absolute Gasteiger partial charge is 0.243 e. The number of nitrogens with two attached hydrogens (primary N) is 1. The van der Waals surface area contributed by atoms with Crippen molar-refractivity contribution in [1.29, 1.82) is 5.26 Å². The molecule has 1 unspecified atom stereocenters. The number of nitriles is 1. The van der Waals surface area contributed by atoms with Crippen molar-refractivity contribution in [2.45, 2.75) is 25.7 Å². The standard InChI is InChI=1S/C13H19N3O2S/c1-4-16(9-10(2)8-14)19(17,18)12-6-5-11(3)13(15)7-12/h5-7,10H,4,9,15H2,1-3H3. The van der Waals surface area contributed by atoms with Crippen molar-refractivity contribution >= 4 is 15.7 Å². The maximum atomic E-state index is 12.4. The minimum absolute atomic E-state index is 0.169. The second-order valence-electron chi connectivity index (χ2n) is 4.50. The Morgan fingerprint density at radius 2 is 2.11 bits per heavy atom. The van der Waals surface area contributed by atoms with E-state index in [2.05, 4.69) is 0 Å². The van der Waals surface area contributed by atoms with Crippen LogP contribution in [0.2, 0.25) is 0 Å². The molecule has 19 heavy (non-hydrogen) atoms. The van der Waals surface area contributed by atoms with Gasteiger partial charge in [-0.1, -0.05) is 13.0 Å². The molecule has 0 aliphatic carbocycles. The topological polar surface area (TPSA) is 87.2 Å². The van der Waals surface area contributed by atoms with E-state index in [1.807, 2.05) is 13.0 Å². The van der Waals surface area contributed by atoms with E-state index in [4.69, 9.17) is 11.0 Å². The molecule has 1 rings (SSSR count). The predicted molar refractivity (Wildman–Crippen MR) is 74.8 cm³/mol. The first-order valence-electron chi connectivity index (χ1n) is 6.08. The zero-order valence-corrected chi connectivity index (χ0v) is 12.2. The Hall–Kier alpha value is -1.58. The first-order valence-corrected chi connectivity index (χ1v) is 7.52. The van der Waals surface area contributed by atoms with Gasteiger partial charge in [-0.3, -0.25) is 0 Å². The van der Waals surface area contributed by atoms with Crippen molar-refractivity contribution in [3.63, 3.8) is 0 Å². The molecule has 0 spiro atoms. The van der Waals surface area contributed by atoms with E-state index in [1.54, 1.807) is 26.0 Å². The van der Waals surface area contributed by atoms with E-state index in [0.29, 0.717) is 12.2 Å². The van der Waals surface area contributed by atoms with Gasteiger partial charge in [0.2, 0.25) is 10.0 Å². The average molecular weight is 281 g/mol. The Labute approximate surface area is 114 Å². The zero-order chi connectivity index (χ0) is 14.6. The van der Waals surface area contributed by atoms with Crippen LogP contribution in [0.25, 0.3) is 0 Å². The molecule has 0 saturated heterocycles. The largest absolute Gasteiger partial charge is 0.398 e. The number of anilines is 1. The van der Waals surface area contributed by atoms with Crippen molar-refractivity contribution in [1.82, 2.24) is 4.31 Å². The summed E-state index contributed by atoms with van der Waals surface area (Å²) in [4.78, 5) is 0.169. The second-order valence-corrected chi connectivity index (χ2v) is 6.44. The first-order chi connectivity index (χ1) is 8.82. The molecule has 0 fully saturated rings. The first kappa shape index (κ1) is 15.5. The number of nitrogen functional groups attached to an aromatic ring is 1. The molecule has 0 aliphatic rings. The molecule has 5 nitrogen and oxygen atoms in total. The lowest BCUT2D eigenvalue weighted by atomic mass is 10.2. The van der Waals surface area contributed by atoms with Crippen LogP contribution in [0.15, 0.2) is 23.1 Å². The van der Waals surface area contributed by atoms with Crippen molar-refractivity contribution in [3.05, 3.63) is 23.8 Å². The summed E-state index contributed by atoms with van der Waals surface area (Å²) in [6.45, 7) is 5.77. The summed E-state index contributed by atoms with van der Waals surface area (Å²) in [5.74, 6) is -0.350. The van der Waals surface area contributed by atoms with Crippen molar-refractivity contribution in [2.75, 3.05) is 18.8 Å². The Bertz CT molecular complexity index is 590. The van der Waals surface area contributed by atoms with E-state index in [0.717, 1.165) is 5.56 Å². The number of hydrogen-bond acceptors (Lipinski definition) is 4. The monoisotopic (exact) mass is 281 g/mol. The van der Waals surface area contributed by atoms with Gasteiger partial charge in [0.05, 0.1) is 16.9 Å². The predicted octanol–water partition coefficient (Wildman–Crippen LogP) is 1.75. The molecule has 0 amide bonds. The summed E-state index contributed by atoms with van der Waals surface area (Å²) in [7, 11) is -3.59. The van der Waals surface area contributed by atoms with Crippen LogP contribution < -0.4 is 5.73 Å². The van der Waals surface area contributed by atoms with Crippen LogP contribution in [-0.4, -0.2) is 25.8 Å². The van der Waals surface area contributed by atoms with Crippen molar-refractivity contribution in [2.24, 2.45) is 5.92 Å². The van der Waals surface area contributed by atoms with E-state index in [-0.39, 0.29) is 17.4 Å². The summed E-state index contributed by atoms with van der Waals surface area (Å²) < 4.78 is 26.2. The molecule has 1 atom stereocenters. The van der Waals surface area contributed by atoms with Gasteiger partial charge in [0.25, 0.3) is 0 Å². The molecule has 0 bridgehead atoms. The fourth-order valence-corrected chi connectivity index (χ4v) is 3.25. The van der Waals surface area contributed by atoms with Gasteiger partial charge in [-0.15, -0.1) is 0 Å². The molecule has 0 saturated carbocycles. The highest BCUT2D eigenvalue weighted by molar-refractivity contribution is 7.89. The Kier molecular flexibility index (Phi) is 4.92. The minimum atomic E-state index is -3.59. The average Bonchev–Trinajstić information content (AvgIpc) is 2.38. The van der Waals surface area contributed by atoms with Crippen LogP contribution in [0.3, 0.4) is 0 Å². The number of sulfonamides is 1. The van der Waals surface area contributed by atoms with E-state index >= 15 is 0 Å². The Balaban J connectivity index is 3.14. The van der Waals surface area contributed by atoms with E-state index in [9.17, 15) is 8.42 Å². The summed E-state index contributed by atoms with van der Waals surface area (Å²) >= 11 is 0. The van der Waals surface area contributed by atoms with Crippen LogP contribution in [-0.2, 0) is 10.0 Å². The van der Waals surface area contributed by atoms with Crippen molar-refractivity contribution in [3.8, 4) is 6.07 Å². The third-order valence-electron chi connectivity index (χ3n) is 2.94. The van der Waals surface area contributed by atoms with Gasteiger partial charge >= 0.3 is 0 Å². The fraction of sp³-hybridized carbons (Fsp3) is 0.462. The highest BCUT2D eigenvalue weighted by Crippen LogP contribution is 2.21. The number of aryl methyl sites for hydroxylation is 1. The number of rotatable bonds is 5. The van der Waals surface area contributed by atoms with Gasteiger partial charge in [-0.05, 0) is 31.5 Å². The van der Waals surface area contributed by atoms with Gasteiger partial charge < -0.3 is 5.73 Å². The normalized spacial score (nSPS) is 13.2. The molecule has 1 aromatic carbocycles. The lowest BCUT2D eigenvalue weighted by Gasteiger charge is -2.21. The third-order valence-corrected chi connectivity index (χ3v) is 4.88. The van der Waals surface area contributed by atoms with Crippen LogP contribution in [0, 0.1) is 24.2 Å². The Morgan fingerprint density at radius 3 is 2.58 bits per heavy atom. The van der Waals surface area contributed by atoms with Gasteiger partial charge in [0, 0.05) is 18.8 Å². The SMILES string of the molecule is CCN(CC(C)C#N)S(=O)(=O)c1ccc(C)c(N)c1. The molecule has 0 aliphatic heterocycles. The van der Waals surface area contributed by atoms with E-state index < -0.39 is 10.0 Å². The molecule has 0 heterocycles. The van der Waals surface area contributed by atoms with Gasteiger partial charge in [0.1, 0.15) is 0 Å². The third kappa shape index (κ3) is 3.46. The molecule has 0 radical (unpaired) electrons. The second kappa shape index (κ2) is 6.04.